The molecule has 0 radical (unpaired) electrons. The Hall–Kier alpha value is -3.78. The predicted molar refractivity (Wildman–Crippen MR) is 130 cm³/mol. The van der Waals surface area contributed by atoms with Crippen LogP contribution < -0.4 is 9.80 Å². The fourth-order valence-electron chi connectivity index (χ4n) is 3.30. The third-order valence-electron chi connectivity index (χ3n) is 4.99. The van der Waals surface area contributed by atoms with Crippen LogP contribution in [-0.2, 0) is 4.79 Å². The Labute approximate surface area is 193 Å². The third kappa shape index (κ3) is 4.31. The summed E-state index contributed by atoms with van der Waals surface area (Å²) < 4.78 is 0.887. The molecule has 8 heteroatoms. The molecule has 0 bridgehead atoms. The normalized spacial score (nSPS) is 14.6. The number of nitro groups is 1. The number of aliphatic imine (C=N–C) groups is 1. The second kappa shape index (κ2) is 8.76. The van der Waals surface area contributed by atoms with E-state index in [-0.39, 0.29) is 11.6 Å². The molecular weight excluding hydrogens is 472 g/mol. The van der Waals surface area contributed by atoms with E-state index in [4.69, 9.17) is 0 Å². The maximum atomic E-state index is 13.3. The molecule has 1 aliphatic rings. The summed E-state index contributed by atoms with van der Waals surface area (Å²) in [6, 6.07) is 21.1. The van der Waals surface area contributed by atoms with Crippen LogP contribution in [0.25, 0.3) is 6.08 Å². The Kier molecular flexibility index (Phi) is 5.87. The molecule has 0 saturated carbocycles. The largest absolute Gasteiger partial charge is 0.378 e. The standard InChI is InChI=1S/C24H19BrN4O3/c1-27(2)19-9-3-16(4-10-19)15-22-24(30)28(20-13-7-18(25)8-14-20)23(26-22)17-5-11-21(12-6-17)29(31)32/h3-15H,1-2H3/b22-15+. The van der Waals surface area contributed by atoms with Gasteiger partial charge in [0.2, 0.25) is 0 Å². The van der Waals surface area contributed by atoms with Crippen molar-refractivity contribution in [3.05, 3.63) is 104 Å². The van der Waals surface area contributed by atoms with Gasteiger partial charge in [-0.1, -0.05) is 28.1 Å². The summed E-state index contributed by atoms with van der Waals surface area (Å²) in [6.07, 6.45) is 1.74. The van der Waals surface area contributed by atoms with Crippen LogP contribution in [-0.4, -0.2) is 30.8 Å². The van der Waals surface area contributed by atoms with Gasteiger partial charge in [-0.2, -0.15) is 0 Å². The van der Waals surface area contributed by atoms with E-state index < -0.39 is 4.92 Å². The lowest BCUT2D eigenvalue weighted by Gasteiger charge is -2.18. The number of rotatable bonds is 5. The molecule has 0 N–H and O–H groups in total. The number of nitrogens with zero attached hydrogens (tertiary/aromatic N) is 4. The molecule has 0 aromatic heterocycles. The molecular formula is C24H19BrN4O3. The predicted octanol–water partition coefficient (Wildman–Crippen LogP) is 5.26. The van der Waals surface area contributed by atoms with Crippen LogP contribution in [0.4, 0.5) is 17.1 Å². The van der Waals surface area contributed by atoms with E-state index in [1.807, 2.05) is 67.5 Å². The molecule has 7 nitrogen and oxygen atoms in total. The summed E-state index contributed by atoms with van der Waals surface area (Å²) in [5.74, 6) is 0.153. The molecule has 3 aromatic rings. The molecule has 1 aliphatic heterocycles. The van der Waals surface area contributed by atoms with Gasteiger partial charge >= 0.3 is 0 Å². The van der Waals surface area contributed by atoms with Gasteiger partial charge in [-0.15, -0.1) is 0 Å². The van der Waals surface area contributed by atoms with Crippen molar-refractivity contribution < 1.29 is 9.72 Å². The highest BCUT2D eigenvalue weighted by Gasteiger charge is 2.32. The number of amides is 1. The highest BCUT2D eigenvalue weighted by Crippen LogP contribution is 2.29. The van der Waals surface area contributed by atoms with Crippen molar-refractivity contribution in [2.24, 2.45) is 4.99 Å². The summed E-state index contributed by atoms with van der Waals surface area (Å²) >= 11 is 3.41. The average Bonchev–Trinajstić information content (AvgIpc) is 3.10. The molecule has 3 aromatic carbocycles. The number of hydrogen-bond acceptors (Lipinski definition) is 5. The van der Waals surface area contributed by atoms with E-state index in [0.717, 1.165) is 15.7 Å². The second-order valence-corrected chi connectivity index (χ2v) is 8.29. The van der Waals surface area contributed by atoms with Crippen LogP contribution in [0.1, 0.15) is 11.1 Å². The highest BCUT2D eigenvalue weighted by atomic mass is 79.9. The van der Waals surface area contributed by atoms with Crippen LogP contribution in [0, 0.1) is 10.1 Å². The summed E-state index contributed by atoms with van der Waals surface area (Å²) in [5.41, 5.74) is 3.43. The average molecular weight is 491 g/mol. The number of carbonyl (C=O) groups excluding carboxylic acids is 1. The van der Waals surface area contributed by atoms with Crippen molar-refractivity contribution >= 4 is 50.8 Å². The maximum Gasteiger partial charge on any atom is 0.282 e. The van der Waals surface area contributed by atoms with Gasteiger partial charge < -0.3 is 4.90 Å². The lowest BCUT2D eigenvalue weighted by atomic mass is 10.1. The van der Waals surface area contributed by atoms with Crippen molar-refractivity contribution in [1.29, 1.82) is 0 Å². The van der Waals surface area contributed by atoms with Crippen LogP contribution in [0.2, 0.25) is 0 Å². The molecule has 32 heavy (non-hydrogen) atoms. The number of non-ortho nitro benzene ring substituents is 1. The zero-order valence-corrected chi connectivity index (χ0v) is 19.0. The van der Waals surface area contributed by atoms with Crippen molar-refractivity contribution in [3.8, 4) is 0 Å². The minimum Gasteiger partial charge on any atom is -0.378 e. The van der Waals surface area contributed by atoms with E-state index in [9.17, 15) is 14.9 Å². The first-order valence-electron chi connectivity index (χ1n) is 9.76. The van der Waals surface area contributed by atoms with Crippen LogP contribution in [0.5, 0.6) is 0 Å². The Morgan fingerprint density at radius 2 is 1.59 bits per heavy atom. The van der Waals surface area contributed by atoms with E-state index in [0.29, 0.717) is 22.8 Å². The summed E-state index contributed by atoms with van der Waals surface area (Å²) in [7, 11) is 3.93. The fraction of sp³-hybridized carbons (Fsp3) is 0.0833. The van der Waals surface area contributed by atoms with Gasteiger partial charge in [0.1, 0.15) is 11.5 Å². The molecule has 0 atom stereocenters. The van der Waals surface area contributed by atoms with Crippen LogP contribution >= 0.6 is 15.9 Å². The van der Waals surface area contributed by atoms with E-state index in [1.54, 1.807) is 18.2 Å². The minimum atomic E-state index is -0.458. The number of anilines is 2. The Balaban J connectivity index is 1.77. The van der Waals surface area contributed by atoms with Gasteiger partial charge in [-0.05, 0) is 60.2 Å². The molecule has 4 rings (SSSR count). The molecule has 160 valence electrons. The van der Waals surface area contributed by atoms with Crippen LogP contribution in [0.3, 0.4) is 0 Å². The third-order valence-corrected chi connectivity index (χ3v) is 5.52. The molecule has 1 heterocycles. The zero-order chi connectivity index (χ0) is 22.8. The second-order valence-electron chi connectivity index (χ2n) is 7.37. The summed E-state index contributed by atoms with van der Waals surface area (Å²) in [6.45, 7) is 0. The van der Waals surface area contributed by atoms with Crippen molar-refractivity contribution in [3.63, 3.8) is 0 Å². The molecule has 1 amide bonds. The highest BCUT2D eigenvalue weighted by molar-refractivity contribution is 9.10. The van der Waals surface area contributed by atoms with E-state index >= 15 is 0 Å². The first-order chi connectivity index (χ1) is 15.3. The topological polar surface area (TPSA) is 79.0 Å². The van der Waals surface area contributed by atoms with E-state index in [1.165, 1.54) is 17.0 Å². The van der Waals surface area contributed by atoms with Gasteiger partial charge in [-0.3, -0.25) is 19.8 Å². The maximum absolute atomic E-state index is 13.3. The fourth-order valence-corrected chi connectivity index (χ4v) is 3.56. The smallest absolute Gasteiger partial charge is 0.282 e. The van der Waals surface area contributed by atoms with Gasteiger partial charge in [0.15, 0.2) is 0 Å². The Bertz CT molecular complexity index is 1230. The molecule has 0 spiro atoms. The quantitative estimate of drug-likeness (QED) is 0.277. The lowest BCUT2D eigenvalue weighted by molar-refractivity contribution is -0.384. The van der Waals surface area contributed by atoms with Crippen molar-refractivity contribution in [2.75, 3.05) is 23.9 Å². The van der Waals surface area contributed by atoms with Crippen molar-refractivity contribution in [2.45, 2.75) is 0 Å². The van der Waals surface area contributed by atoms with Gasteiger partial charge in [0, 0.05) is 42.0 Å². The monoisotopic (exact) mass is 490 g/mol. The first kappa shape index (κ1) is 21.5. The Morgan fingerprint density at radius 1 is 0.969 bits per heavy atom. The number of hydrogen-bond donors (Lipinski definition) is 0. The number of carbonyl (C=O) groups is 1. The molecule has 0 fully saturated rings. The molecule has 0 saturated heterocycles. The number of halogens is 1. The van der Waals surface area contributed by atoms with Gasteiger partial charge in [-0.25, -0.2) is 4.99 Å². The lowest BCUT2D eigenvalue weighted by Crippen LogP contribution is -2.32. The number of benzene rings is 3. The zero-order valence-electron chi connectivity index (χ0n) is 17.4. The van der Waals surface area contributed by atoms with Crippen LogP contribution in [0.15, 0.2) is 88.0 Å². The molecule has 0 aliphatic carbocycles. The summed E-state index contributed by atoms with van der Waals surface area (Å²) in [4.78, 5) is 32.0. The van der Waals surface area contributed by atoms with E-state index in [2.05, 4.69) is 20.9 Å². The number of nitro benzene ring substituents is 1. The number of amidine groups is 1. The van der Waals surface area contributed by atoms with Crippen molar-refractivity contribution in [1.82, 2.24) is 0 Å². The summed E-state index contributed by atoms with van der Waals surface area (Å²) in [5, 5.41) is 11.0. The SMILES string of the molecule is CN(C)c1ccc(/C=C2/N=C(c3ccc([N+](=O)[O-])cc3)N(c3ccc(Br)cc3)C2=O)cc1. The molecule has 0 unspecified atom stereocenters. The Morgan fingerprint density at radius 3 is 2.16 bits per heavy atom. The van der Waals surface area contributed by atoms with Gasteiger partial charge in [0.25, 0.3) is 11.6 Å². The first-order valence-corrected chi connectivity index (χ1v) is 10.6. The van der Waals surface area contributed by atoms with Gasteiger partial charge in [0.05, 0.1) is 10.6 Å². The minimum absolute atomic E-state index is 0.0226.